The first-order chi connectivity index (χ1) is 12.9. The zero-order valence-electron chi connectivity index (χ0n) is 15.2. The molecule has 9 N–H and O–H groups in total. The highest BCUT2D eigenvalue weighted by atomic mass is 15.4. The lowest BCUT2D eigenvalue weighted by molar-refractivity contribution is 0.508. The highest BCUT2D eigenvalue weighted by Crippen LogP contribution is 2.26. The standard InChI is InChI=1S/C18H23N9/c1-10(20)11-3-4-23-16(6-11)26-17-7-12-5-14(15(8-19)27(2)22)25-18(21)13(12)9-24-17/h3-10H,19-20,22H2,1-2H3,(H2,21,25)(H,23,24,26)/b15-8-. The van der Waals surface area contributed by atoms with Crippen LogP contribution in [0, 0.1) is 0 Å². The van der Waals surface area contributed by atoms with E-state index in [2.05, 4.69) is 20.3 Å². The highest BCUT2D eigenvalue weighted by molar-refractivity contribution is 5.93. The molecule has 0 saturated heterocycles. The second-order valence-corrected chi connectivity index (χ2v) is 6.23. The van der Waals surface area contributed by atoms with Crippen LogP contribution in [0.3, 0.4) is 0 Å². The van der Waals surface area contributed by atoms with Gasteiger partial charge in [0.05, 0.1) is 11.4 Å². The van der Waals surface area contributed by atoms with Gasteiger partial charge in [-0.2, -0.15) is 0 Å². The summed E-state index contributed by atoms with van der Waals surface area (Å²) in [4.78, 5) is 13.1. The molecule has 0 spiro atoms. The monoisotopic (exact) mass is 365 g/mol. The fourth-order valence-electron chi connectivity index (χ4n) is 2.69. The van der Waals surface area contributed by atoms with Crippen LogP contribution in [-0.2, 0) is 0 Å². The number of nitrogens with one attached hydrogen (secondary N) is 1. The maximum atomic E-state index is 6.08. The molecular formula is C18H23N9. The van der Waals surface area contributed by atoms with E-state index < -0.39 is 0 Å². The molecule has 0 amide bonds. The van der Waals surface area contributed by atoms with Gasteiger partial charge < -0.3 is 27.5 Å². The minimum atomic E-state index is -0.0822. The molecule has 3 rings (SSSR count). The van der Waals surface area contributed by atoms with Crippen LogP contribution in [0.15, 0.2) is 42.9 Å². The number of aromatic nitrogens is 3. The molecule has 3 aromatic heterocycles. The molecule has 0 aliphatic rings. The molecule has 9 heteroatoms. The largest absolute Gasteiger partial charge is 0.403 e. The van der Waals surface area contributed by atoms with Crippen LogP contribution >= 0.6 is 0 Å². The van der Waals surface area contributed by atoms with Crippen LogP contribution in [0.1, 0.15) is 24.2 Å². The van der Waals surface area contributed by atoms with Gasteiger partial charge in [0.15, 0.2) is 0 Å². The van der Waals surface area contributed by atoms with Crippen molar-refractivity contribution >= 4 is 33.9 Å². The minimum absolute atomic E-state index is 0.0822. The molecule has 27 heavy (non-hydrogen) atoms. The summed E-state index contributed by atoms with van der Waals surface area (Å²) in [6, 6.07) is 7.41. The molecule has 0 fully saturated rings. The fraction of sp³-hybridized carbons (Fsp3) is 0.167. The van der Waals surface area contributed by atoms with Crippen molar-refractivity contribution in [1.29, 1.82) is 0 Å². The summed E-state index contributed by atoms with van der Waals surface area (Å²) in [7, 11) is 1.68. The predicted octanol–water partition coefficient (Wildman–Crippen LogP) is 1.43. The van der Waals surface area contributed by atoms with Crippen molar-refractivity contribution in [2.45, 2.75) is 13.0 Å². The van der Waals surface area contributed by atoms with E-state index in [4.69, 9.17) is 23.0 Å². The van der Waals surface area contributed by atoms with Crippen molar-refractivity contribution in [3.63, 3.8) is 0 Å². The Labute approximate surface area is 157 Å². The average Bonchev–Trinajstić information content (AvgIpc) is 2.62. The average molecular weight is 365 g/mol. The normalized spacial score (nSPS) is 12.8. The number of hydrogen-bond acceptors (Lipinski definition) is 9. The van der Waals surface area contributed by atoms with E-state index in [1.807, 2.05) is 31.2 Å². The van der Waals surface area contributed by atoms with E-state index in [-0.39, 0.29) is 6.04 Å². The molecule has 0 aromatic carbocycles. The molecule has 140 valence electrons. The van der Waals surface area contributed by atoms with E-state index >= 15 is 0 Å². The Balaban J connectivity index is 2.00. The molecular weight excluding hydrogens is 342 g/mol. The van der Waals surface area contributed by atoms with Gasteiger partial charge >= 0.3 is 0 Å². The smallest absolute Gasteiger partial charge is 0.133 e. The van der Waals surface area contributed by atoms with Crippen LogP contribution in [0.25, 0.3) is 16.5 Å². The maximum Gasteiger partial charge on any atom is 0.133 e. The molecule has 3 aromatic rings. The van der Waals surface area contributed by atoms with Crippen LogP contribution in [0.2, 0.25) is 0 Å². The Bertz CT molecular complexity index is 995. The molecule has 0 bridgehead atoms. The third kappa shape index (κ3) is 3.89. The molecule has 0 aliphatic heterocycles. The lowest BCUT2D eigenvalue weighted by Gasteiger charge is -2.16. The van der Waals surface area contributed by atoms with Crippen molar-refractivity contribution in [3.8, 4) is 0 Å². The molecule has 3 heterocycles. The zero-order valence-corrected chi connectivity index (χ0v) is 15.2. The van der Waals surface area contributed by atoms with Crippen molar-refractivity contribution < 1.29 is 0 Å². The van der Waals surface area contributed by atoms with Crippen LogP contribution in [-0.4, -0.2) is 27.0 Å². The number of nitrogens with zero attached hydrogens (tertiary/aromatic N) is 4. The summed E-state index contributed by atoms with van der Waals surface area (Å²) >= 11 is 0. The van der Waals surface area contributed by atoms with Gasteiger partial charge in [-0.05, 0) is 42.1 Å². The Hall–Kier alpha value is -3.43. The quantitative estimate of drug-likeness (QED) is 0.333. The fourth-order valence-corrected chi connectivity index (χ4v) is 2.69. The van der Waals surface area contributed by atoms with Gasteiger partial charge in [-0.15, -0.1) is 0 Å². The summed E-state index contributed by atoms with van der Waals surface area (Å²) in [5, 5.41) is 6.15. The van der Waals surface area contributed by atoms with E-state index in [1.165, 1.54) is 11.2 Å². The van der Waals surface area contributed by atoms with Crippen molar-refractivity contribution in [2.75, 3.05) is 18.1 Å². The number of rotatable bonds is 5. The SMILES string of the molecule is CC(N)c1ccnc(Nc2cc3cc(/C(=C/N)N(C)N)nc(N)c3cn2)c1. The number of nitrogens with two attached hydrogens (primary N) is 4. The van der Waals surface area contributed by atoms with Gasteiger partial charge in [-0.3, -0.25) is 0 Å². The second kappa shape index (κ2) is 7.44. The summed E-state index contributed by atoms with van der Waals surface area (Å²) in [6.07, 6.45) is 4.76. The number of hydrazine groups is 1. The van der Waals surface area contributed by atoms with Gasteiger partial charge in [0, 0.05) is 37.1 Å². The summed E-state index contributed by atoms with van der Waals surface area (Å²) < 4.78 is 0. The van der Waals surface area contributed by atoms with Crippen molar-refractivity contribution in [3.05, 3.63) is 54.1 Å². The van der Waals surface area contributed by atoms with Crippen molar-refractivity contribution in [1.82, 2.24) is 20.0 Å². The Morgan fingerprint density at radius 1 is 1.22 bits per heavy atom. The van der Waals surface area contributed by atoms with E-state index in [1.54, 1.807) is 19.4 Å². The highest BCUT2D eigenvalue weighted by Gasteiger charge is 2.11. The van der Waals surface area contributed by atoms with Crippen LogP contribution < -0.4 is 28.4 Å². The molecule has 9 nitrogen and oxygen atoms in total. The number of fused-ring (bicyclic) bond motifs is 1. The predicted molar refractivity (Wildman–Crippen MR) is 108 cm³/mol. The molecule has 1 unspecified atom stereocenters. The summed E-state index contributed by atoms with van der Waals surface area (Å²) in [5.41, 5.74) is 19.8. The summed E-state index contributed by atoms with van der Waals surface area (Å²) in [5.74, 6) is 7.43. The number of anilines is 3. The van der Waals surface area contributed by atoms with E-state index in [0.29, 0.717) is 28.8 Å². The third-order valence-corrected chi connectivity index (χ3v) is 4.11. The minimum Gasteiger partial charge on any atom is -0.403 e. The zero-order chi connectivity index (χ0) is 19.6. The van der Waals surface area contributed by atoms with E-state index in [0.717, 1.165) is 16.3 Å². The number of nitrogen functional groups attached to an aromatic ring is 1. The second-order valence-electron chi connectivity index (χ2n) is 6.23. The first-order valence-electron chi connectivity index (χ1n) is 8.34. The molecule has 0 saturated carbocycles. The van der Waals surface area contributed by atoms with Crippen molar-refractivity contribution in [2.24, 2.45) is 17.3 Å². The maximum absolute atomic E-state index is 6.08. The first kappa shape index (κ1) is 18.4. The molecule has 0 aliphatic carbocycles. The van der Waals surface area contributed by atoms with E-state index in [9.17, 15) is 0 Å². The summed E-state index contributed by atoms with van der Waals surface area (Å²) in [6.45, 7) is 1.92. The Morgan fingerprint density at radius 2 is 1.96 bits per heavy atom. The van der Waals surface area contributed by atoms with Gasteiger partial charge in [-0.1, -0.05) is 0 Å². The third-order valence-electron chi connectivity index (χ3n) is 4.11. The Kier molecular flexibility index (Phi) is 5.06. The van der Waals surface area contributed by atoms with Crippen LogP contribution in [0.4, 0.5) is 17.5 Å². The molecule has 1 atom stereocenters. The molecule has 0 radical (unpaired) electrons. The van der Waals surface area contributed by atoms with Crippen LogP contribution in [0.5, 0.6) is 0 Å². The first-order valence-corrected chi connectivity index (χ1v) is 8.34. The lowest BCUT2D eigenvalue weighted by atomic mass is 10.1. The van der Waals surface area contributed by atoms with Gasteiger partial charge in [0.1, 0.15) is 17.5 Å². The number of hydrogen-bond donors (Lipinski definition) is 5. The Morgan fingerprint density at radius 3 is 2.63 bits per heavy atom. The number of pyridine rings is 3. The topological polar surface area (TPSA) is 158 Å². The van der Waals surface area contributed by atoms with Gasteiger partial charge in [0.25, 0.3) is 0 Å². The van der Waals surface area contributed by atoms with Gasteiger partial charge in [-0.25, -0.2) is 20.8 Å². The lowest BCUT2D eigenvalue weighted by Crippen LogP contribution is -2.25. The van der Waals surface area contributed by atoms with Gasteiger partial charge in [0.2, 0.25) is 0 Å².